The van der Waals surface area contributed by atoms with Crippen LogP contribution in [0.2, 0.25) is 5.02 Å². The van der Waals surface area contributed by atoms with Crippen LogP contribution in [0.5, 0.6) is 5.75 Å². The van der Waals surface area contributed by atoms with Gasteiger partial charge in [-0.3, -0.25) is 4.79 Å². The Balaban J connectivity index is 1.48. The maximum atomic E-state index is 12.4. The van der Waals surface area contributed by atoms with E-state index in [9.17, 15) is 14.7 Å². The molecule has 0 aliphatic heterocycles. The fraction of sp³-hybridized carbons (Fsp3) is 0.115. The highest BCUT2D eigenvalue weighted by atomic mass is 35.5. The zero-order chi connectivity index (χ0) is 26.2. The molecule has 1 heterocycles. The molecule has 0 radical (unpaired) electrons. The number of aromatic nitrogens is 3. The number of nitrogens with zero attached hydrogens (tertiary/aromatic N) is 3. The molecule has 188 valence electrons. The SMILES string of the molecule is CCOc1ccc(-[n+]2c(SCC(=O)N/N=C/c3ccc(C(=O)[O-])cc3)n[nH]c2-c2ccc(Cl)cc2)cc1. The van der Waals surface area contributed by atoms with E-state index in [1.165, 1.54) is 30.1 Å². The van der Waals surface area contributed by atoms with Crippen LogP contribution in [0.25, 0.3) is 17.1 Å². The predicted octanol–water partition coefficient (Wildman–Crippen LogP) is 3.01. The van der Waals surface area contributed by atoms with Gasteiger partial charge >= 0.3 is 5.16 Å². The summed E-state index contributed by atoms with van der Waals surface area (Å²) in [6, 6.07) is 20.9. The molecule has 11 heteroatoms. The van der Waals surface area contributed by atoms with Crippen LogP contribution in [0, 0.1) is 0 Å². The van der Waals surface area contributed by atoms with E-state index < -0.39 is 5.97 Å². The number of hydrogen-bond donors (Lipinski definition) is 2. The molecule has 0 fully saturated rings. The average molecular weight is 536 g/mol. The van der Waals surface area contributed by atoms with Gasteiger partial charge in [-0.15, -0.1) is 5.10 Å². The second-order valence-electron chi connectivity index (χ2n) is 7.62. The van der Waals surface area contributed by atoms with Crippen molar-refractivity contribution < 1.29 is 24.0 Å². The van der Waals surface area contributed by atoms with E-state index in [1.807, 2.05) is 47.9 Å². The molecule has 9 nitrogen and oxygen atoms in total. The fourth-order valence-corrected chi connectivity index (χ4v) is 4.23. The largest absolute Gasteiger partial charge is 0.545 e. The summed E-state index contributed by atoms with van der Waals surface area (Å²) >= 11 is 7.30. The number of rotatable bonds is 10. The number of ether oxygens (including phenoxy) is 1. The van der Waals surface area contributed by atoms with Gasteiger partial charge in [0.15, 0.2) is 0 Å². The van der Waals surface area contributed by atoms with Gasteiger partial charge in [-0.25, -0.2) is 5.43 Å². The first-order valence-corrected chi connectivity index (χ1v) is 12.6. The number of carbonyl (C=O) groups excluding carboxylic acids is 2. The zero-order valence-electron chi connectivity index (χ0n) is 19.7. The number of hydrazone groups is 1. The van der Waals surface area contributed by atoms with Gasteiger partial charge in [0.25, 0.3) is 11.7 Å². The smallest absolute Gasteiger partial charge is 0.342 e. The molecule has 0 saturated carbocycles. The highest BCUT2D eigenvalue weighted by Gasteiger charge is 2.24. The van der Waals surface area contributed by atoms with Gasteiger partial charge < -0.3 is 14.6 Å². The zero-order valence-corrected chi connectivity index (χ0v) is 21.3. The van der Waals surface area contributed by atoms with E-state index in [4.69, 9.17) is 16.3 Å². The maximum absolute atomic E-state index is 12.4. The Morgan fingerprint density at radius 3 is 2.46 bits per heavy atom. The van der Waals surface area contributed by atoms with Gasteiger partial charge in [0, 0.05) is 5.02 Å². The lowest BCUT2D eigenvalue weighted by atomic mass is 10.1. The lowest BCUT2D eigenvalue weighted by molar-refractivity contribution is -0.625. The number of carboxylic acids is 1. The molecule has 2 N–H and O–H groups in total. The summed E-state index contributed by atoms with van der Waals surface area (Å²) in [5.41, 5.74) is 4.87. The summed E-state index contributed by atoms with van der Waals surface area (Å²) < 4.78 is 7.47. The van der Waals surface area contributed by atoms with Crippen molar-refractivity contribution in [3.05, 3.63) is 88.9 Å². The van der Waals surface area contributed by atoms with Crippen molar-refractivity contribution in [3.8, 4) is 22.8 Å². The van der Waals surface area contributed by atoms with Crippen LogP contribution in [-0.2, 0) is 4.79 Å². The normalized spacial score (nSPS) is 11.0. The van der Waals surface area contributed by atoms with Gasteiger partial charge in [0.05, 0.1) is 35.2 Å². The second kappa shape index (κ2) is 12.2. The van der Waals surface area contributed by atoms with Crippen LogP contribution in [0.15, 0.2) is 83.1 Å². The number of carbonyl (C=O) groups is 2. The number of nitrogens with one attached hydrogen (secondary N) is 2. The van der Waals surface area contributed by atoms with Crippen molar-refractivity contribution in [3.63, 3.8) is 0 Å². The number of aromatic carboxylic acids is 1. The molecule has 4 aromatic rings. The van der Waals surface area contributed by atoms with Crippen molar-refractivity contribution in [1.29, 1.82) is 0 Å². The third-order valence-corrected chi connectivity index (χ3v) is 6.27. The van der Waals surface area contributed by atoms with Gasteiger partial charge in [0.2, 0.25) is 0 Å². The minimum Gasteiger partial charge on any atom is -0.545 e. The average Bonchev–Trinajstić information content (AvgIpc) is 3.33. The van der Waals surface area contributed by atoms with E-state index in [1.54, 1.807) is 24.3 Å². The molecule has 0 aliphatic carbocycles. The Hall–Kier alpha value is -4.15. The first-order chi connectivity index (χ1) is 17.9. The predicted molar refractivity (Wildman–Crippen MR) is 139 cm³/mol. The monoisotopic (exact) mass is 535 g/mol. The van der Waals surface area contributed by atoms with Crippen molar-refractivity contribution >= 4 is 41.5 Å². The number of benzene rings is 3. The quantitative estimate of drug-likeness (QED) is 0.139. The summed E-state index contributed by atoms with van der Waals surface area (Å²) in [5.74, 6) is -0.0512. The van der Waals surface area contributed by atoms with Gasteiger partial charge in [-0.05, 0) is 78.3 Å². The highest BCUT2D eigenvalue weighted by molar-refractivity contribution is 7.99. The Labute approximate surface area is 222 Å². The molecule has 4 rings (SSSR count). The Kier molecular flexibility index (Phi) is 8.55. The molecule has 0 atom stereocenters. The highest BCUT2D eigenvalue weighted by Crippen LogP contribution is 2.23. The van der Waals surface area contributed by atoms with Crippen molar-refractivity contribution in [2.75, 3.05) is 12.4 Å². The van der Waals surface area contributed by atoms with Crippen molar-refractivity contribution in [2.24, 2.45) is 5.10 Å². The number of aromatic amines is 1. The topological polar surface area (TPSA) is 123 Å². The van der Waals surface area contributed by atoms with Gasteiger partial charge in [-0.1, -0.05) is 35.9 Å². The molecule has 1 amide bonds. The number of carboxylic acid groups (broad SMARTS) is 1. The van der Waals surface area contributed by atoms with Crippen LogP contribution in [-0.4, -0.2) is 40.6 Å². The Morgan fingerprint density at radius 2 is 1.81 bits per heavy atom. The van der Waals surface area contributed by atoms with Crippen LogP contribution in [0.1, 0.15) is 22.8 Å². The molecule has 0 aliphatic rings. The lowest BCUT2D eigenvalue weighted by Crippen LogP contribution is -2.34. The summed E-state index contributed by atoms with van der Waals surface area (Å²) in [5, 5.41) is 23.5. The van der Waals surface area contributed by atoms with E-state index in [2.05, 4.69) is 20.7 Å². The first-order valence-electron chi connectivity index (χ1n) is 11.2. The van der Waals surface area contributed by atoms with Gasteiger partial charge in [0.1, 0.15) is 11.4 Å². The molecule has 0 spiro atoms. The fourth-order valence-electron chi connectivity index (χ4n) is 3.34. The molecule has 0 bridgehead atoms. The number of halogens is 1. The Bertz CT molecular complexity index is 1400. The molecule has 0 saturated heterocycles. The van der Waals surface area contributed by atoms with E-state index in [0.29, 0.717) is 22.3 Å². The van der Waals surface area contributed by atoms with Crippen LogP contribution < -0.4 is 19.8 Å². The van der Waals surface area contributed by atoms with E-state index in [0.717, 1.165) is 22.8 Å². The molecular weight excluding hydrogens is 514 g/mol. The maximum Gasteiger partial charge on any atom is 0.342 e. The molecular formula is C26H22ClN5O4S. The number of H-pyrrole nitrogens is 1. The van der Waals surface area contributed by atoms with Crippen LogP contribution in [0.4, 0.5) is 0 Å². The van der Waals surface area contributed by atoms with Crippen LogP contribution in [0.3, 0.4) is 0 Å². The molecule has 1 aromatic heterocycles. The molecule has 0 unspecified atom stereocenters. The minimum atomic E-state index is -1.26. The van der Waals surface area contributed by atoms with Crippen molar-refractivity contribution in [1.82, 2.24) is 15.6 Å². The van der Waals surface area contributed by atoms with E-state index in [-0.39, 0.29) is 17.2 Å². The van der Waals surface area contributed by atoms with Crippen molar-refractivity contribution in [2.45, 2.75) is 12.1 Å². The van der Waals surface area contributed by atoms with Crippen LogP contribution >= 0.6 is 23.4 Å². The van der Waals surface area contributed by atoms with Gasteiger partial charge in [-0.2, -0.15) is 9.67 Å². The summed E-state index contributed by atoms with van der Waals surface area (Å²) in [6.07, 6.45) is 1.43. The molecule has 3 aromatic carbocycles. The third kappa shape index (κ3) is 6.75. The number of thioether (sulfide) groups is 1. The summed E-state index contributed by atoms with van der Waals surface area (Å²) in [7, 11) is 0. The number of amides is 1. The van der Waals surface area contributed by atoms with E-state index >= 15 is 0 Å². The molecule has 37 heavy (non-hydrogen) atoms. The standard InChI is InChI=1S/C26H22ClN5O4S/c1-2-36-22-13-11-21(12-14-22)32-24(18-7-9-20(27)10-8-18)30-31-26(32)37-16-23(33)29-28-15-17-3-5-19(6-4-17)25(34)35/h3-15H,2,16H2,1H3,(H2,29,33,34,35)/b28-15+. The third-order valence-electron chi connectivity index (χ3n) is 5.08. The first kappa shape index (κ1) is 25.9. The minimum absolute atomic E-state index is 0.0584. The lowest BCUT2D eigenvalue weighted by Gasteiger charge is -2.06. The Morgan fingerprint density at radius 1 is 1.11 bits per heavy atom. The second-order valence-corrected chi connectivity index (χ2v) is 8.99. The number of hydrogen-bond acceptors (Lipinski definition) is 7. The summed E-state index contributed by atoms with van der Waals surface area (Å²) in [4.78, 5) is 23.3. The summed E-state index contributed by atoms with van der Waals surface area (Å²) in [6.45, 7) is 2.49.